The lowest BCUT2D eigenvalue weighted by Gasteiger charge is -2.37. The quantitative estimate of drug-likeness (QED) is 0.926. The summed E-state index contributed by atoms with van der Waals surface area (Å²) in [4.78, 5) is 25.3. The van der Waals surface area contributed by atoms with Crippen LogP contribution in [0.15, 0.2) is 18.2 Å². The van der Waals surface area contributed by atoms with E-state index in [9.17, 15) is 14.7 Å². The molecule has 1 aromatic rings. The van der Waals surface area contributed by atoms with Crippen molar-refractivity contribution in [3.05, 3.63) is 33.8 Å². The summed E-state index contributed by atoms with van der Waals surface area (Å²) in [6, 6.07) is 4.20. The van der Waals surface area contributed by atoms with Gasteiger partial charge in [-0.1, -0.05) is 36.2 Å². The minimum absolute atomic E-state index is 0.0408. The summed E-state index contributed by atoms with van der Waals surface area (Å²) in [5.74, 6) is -1.20. The molecule has 0 aromatic heterocycles. The molecule has 1 aliphatic heterocycles. The Bertz CT molecular complexity index is 562. The zero-order valence-electron chi connectivity index (χ0n) is 11.7. The first-order chi connectivity index (χ1) is 9.90. The highest BCUT2D eigenvalue weighted by Gasteiger charge is 2.36. The molecule has 6 heteroatoms. The van der Waals surface area contributed by atoms with E-state index in [0.29, 0.717) is 22.2 Å². The first-order valence-corrected chi connectivity index (χ1v) is 7.62. The number of hydrogen-bond donors (Lipinski definition) is 1. The van der Waals surface area contributed by atoms with Crippen LogP contribution in [-0.2, 0) is 16.0 Å². The lowest BCUT2D eigenvalue weighted by molar-refractivity contribution is -0.154. The molecule has 1 aromatic carbocycles. The second-order valence-corrected chi connectivity index (χ2v) is 6.25. The van der Waals surface area contributed by atoms with E-state index in [4.69, 9.17) is 23.2 Å². The molecule has 0 bridgehead atoms. The Morgan fingerprint density at radius 1 is 1.38 bits per heavy atom. The third kappa shape index (κ3) is 3.69. The molecule has 2 atom stereocenters. The number of piperidine rings is 1. The Balaban J connectivity index is 2.16. The second-order valence-electron chi connectivity index (χ2n) is 5.40. The molecule has 0 aliphatic carbocycles. The fourth-order valence-electron chi connectivity index (χ4n) is 2.77. The molecule has 1 N–H and O–H groups in total. The average molecular weight is 330 g/mol. The molecule has 1 fully saturated rings. The van der Waals surface area contributed by atoms with E-state index >= 15 is 0 Å². The van der Waals surface area contributed by atoms with Crippen LogP contribution in [0, 0.1) is 5.92 Å². The standard InChI is InChI=1S/C15H17Cl2NO3/c1-9-3-2-6-18(14(9)15(20)21)13(19)7-10-4-5-11(16)8-12(10)17/h4-5,8-9,14H,2-3,6-7H2,1H3,(H,20,21). The third-order valence-corrected chi connectivity index (χ3v) is 4.45. The van der Waals surface area contributed by atoms with Crippen LogP contribution in [-0.4, -0.2) is 34.5 Å². The lowest BCUT2D eigenvalue weighted by Crippen LogP contribution is -2.52. The van der Waals surface area contributed by atoms with Crippen molar-refractivity contribution in [3.8, 4) is 0 Å². The maximum Gasteiger partial charge on any atom is 0.326 e. The number of carboxylic acids is 1. The molecular weight excluding hydrogens is 313 g/mol. The molecule has 2 unspecified atom stereocenters. The number of rotatable bonds is 3. The van der Waals surface area contributed by atoms with Crippen molar-refractivity contribution in [1.29, 1.82) is 0 Å². The number of likely N-dealkylation sites (tertiary alicyclic amines) is 1. The van der Waals surface area contributed by atoms with Crippen LogP contribution in [0.5, 0.6) is 0 Å². The molecular formula is C15H17Cl2NO3. The summed E-state index contributed by atoms with van der Waals surface area (Å²) in [6.45, 7) is 2.35. The third-order valence-electron chi connectivity index (χ3n) is 3.86. The number of amides is 1. The highest BCUT2D eigenvalue weighted by Crippen LogP contribution is 2.26. The monoisotopic (exact) mass is 329 g/mol. The number of aliphatic carboxylic acids is 1. The maximum atomic E-state index is 12.4. The van der Waals surface area contributed by atoms with Crippen LogP contribution in [0.25, 0.3) is 0 Å². The number of hydrogen-bond acceptors (Lipinski definition) is 2. The number of benzene rings is 1. The van der Waals surface area contributed by atoms with Crippen LogP contribution in [0.1, 0.15) is 25.3 Å². The summed E-state index contributed by atoms with van der Waals surface area (Å²) >= 11 is 11.9. The van der Waals surface area contributed by atoms with Gasteiger partial charge in [0.1, 0.15) is 6.04 Å². The van der Waals surface area contributed by atoms with Crippen LogP contribution in [0.2, 0.25) is 10.0 Å². The van der Waals surface area contributed by atoms with E-state index in [0.717, 1.165) is 12.8 Å². The first-order valence-electron chi connectivity index (χ1n) is 6.86. The Morgan fingerprint density at radius 3 is 2.71 bits per heavy atom. The second kappa shape index (κ2) is 6.67. The minimum Gasteiger partial charge on any atom is -0.480 e. The molecule has 114 valence electrons. The van der Waals surface area contributed by atoms with Crippen LogP contribution < -0.4 is 0 Å². The van der Waals surface area contributed by atoms with E-state index in [2.05, 4.69) is 0 Å². The Morgan fingerprint density at radius 2 is 2.10 bits per heavy atom. The molecule has 4 nitrogen and oxygen atoms in total. The molecule has 1 heterocycles. The number of carboxylic acid groups (broad SMARTS) is 1. The summed E-state index contributed by atoms with van der Waals surface area (Å²) in [5, 5.41) is 10.3. The zero-order chi connectivity index (χ0) is 15.6. The van der Waals surface area contributed by atoms with Crippen molar-refractivity contribution in [2.24, 2.45) is 5.92 Å². The predicted octanol–water partition coefficient (Wildman–Crippen LogP) is 3.25. The van der Waals surface area contributed by atoms with Crippen LogP contribution >= 0.6 is 23.2 Å². The van der Waals surface area contributed by atoms with Gasteiger partial charge in [0.2, 0.25) is 5.91 Å². The highest BCUT2D eigenvalue weighted by atomic mass is 35.5. The van der Waals surface area contributed by atoms with Crippen LogP contribution in [0.3, 0.4) is 0 Å². The van der Waals surface area contributed by atoms with Gasteiger partial charge in [-0.3, -0.25) is 4.79 Å². The van der Waals surface area contributed by atoms with Gasteiger partial charge in [0.25, 0.3) is 0 Å². The van der Waals surface area contributed by atoms with Crippen molar-refractivity contribution in [2.45, 2.75) is 32.2 Å². The Kier molecular flexibility index (Phi) is 5.12. The largest absolute Gasteiger partial charge is 0.480 e. The molecule has 2 rings (SSSR count). The lowest BCUT2D eigenvalue weighted by atomic mass is 9.90. The number of carbonyl (C=O) groups is 2. The van der Waals surface area contributed by atoms with Gasteiger partial charge in [-0.25, -0.2) is 4.79 Å². The molecule has 1 aliphatic rings. The van der Waals surface area contributed by atoms with Crippen molar-refractivity contribution in [3.63, 3.8) is 0 Å². The normalized spacial score (nSPS) is 22.1. The van der Waals surface area contributed by atoms with Crippen molar-refractivity contribution < 1.29 is 14.7 Å². The highest BCUT2D eigenvalue weighted by molar-refractivity contribution is 6.35. The number of halogens is 2. The Hall–Kier alpha value is -1.26. The van der Waals surface area contributed by atoms with E-state index in [1.54, 1.807) is 18.2 Å². The van der Waals surface area contributed by atoms with Gasteiger partial charge in [0.15, 0.2) is 0 Å². The Labute approximate surface area is 133 Å². The zero-order valence-corrected chi connectivity index (χ0v) is 13.2. The fraction of sp³-hybridized carbons (Fsp3) is 0.467. The van der Waals surface area contributed by atoms with Gasteiger partial charge in [-0.15, -0.1) is 0 Å². The van der Waals surface area contributed by atoms with Gasteiger partial charge in [-0.05, 0) is 36.5 Å². The molecule has 1 amide bonds. The minimum atomic E-state index is -0.947. The van der Waals surface area contributed by atoms with Gasteiger partial charge < -0.3 is 10.0 Å². The average Bonchev–Trinajstić information content (AvgIpc) is 2.41. The van der Waals surface area contributed by atoms with Crippen molar-refractivity contribution in [2.75, 3.05) is 6.54 Å². The summed E-state index contributed by atoms with van der Waals surface area (Å²) < 4.78 is 0. The summed E-state index contributed by atoms with van der Waals surface area (Å²) in [7, 11) is 0. The van der Waals surface area contributed by atoms with E-state index in [-0.39, 0.29) is 18.2 Å². The molecule has 0 radical (unpaired) electrons. The predicted molar refractivity (Wildman–Crippen MR) is 81.7 cm³/mol. The van der Waals surface area contributed by atoms with E-state index in [1.807, 2.05) is 6.92 Å². The van der Waals surface area contributed by atoms with Gasteiger partial charge >= 0.3 is 5.97 Å². The van der Waals surface area contributed by atoms with Crippen LogP contribution in [0.4, 0.5) is 0 Å². The van der Waals surface area contributed by atoms with Gasteiger partial charge in [0.05, 0.1) is 6.42 Å². The van der Waals surface area contributed by atoms with Gasteiger partial charge in [-0.2, -0.15) is 0 Å². The van der Waals surface area contributed by atoms with E-state index < -0.39 is 12.0 Å². The number of nitrogens with zero attached hydrogens (tertiary/aromatic N) is 1. The topological polar surface area (TPSA) is 57.6 Å². The van der Waals surface area contributed by atoms with Gasteiger partial charge in [0, 0.05) is 16.6 Å². The van der Waals surface area contributed by atoms with Crippen molar-refractivity contribution >= 4 is 35.1 Å². The first kappa shape index (κ1) is 16.1. The molecule has 21 heavy (non-hydrogen) atoms. The number of carbonyl (C=O) groups excluding carboxylic acids is 1. The molecule has 1 saturated heterocycles. The molecule has 0 saturated carbocycles. The summed E-state index contributed by atoms with van der Waals surface area (Å²) in [5.41, 5.74) is 0.661. The molecule has 0 spiro atoms. The summed E-state index contributed by atoms with van der Waals surface area (Å²) in [6.07, 6.45) is 1.74. The smallest absolute Gasteiger partial charge is 0.326 e. The van der Waals surface area contributed by atoms with Crippen molar-refractivity contribution in [1.82, 2.24) is 4.90 Å². The van der Waals surface area contributed by atoms with E-state index in [1.165, 1.54) is 4.90 Å². The maximum absolute atomic E-state index is 12.4. The SMILES string of the molecule is CC1CCCN(C(=O)Cc2ccc(Cl)cc2Cl)C1C(=O)O. The fourth-order valence-corrected chi connectivity index (χ4v) is 3.25.